The molecule has 1 N–H and O–H groups in total. The average molecular weight is 392 g/mol. The van der Waals surface area contributed by atoms with Crippen LogP contribution in [0.25, 0.3) is 5.57 Å². The van der Waals surface area contributed by atoms with E-state index in [1.165, 1.54) is 11.1 Å². The lowest BCUT2D eigenvalue weighted by molar-refractivity contribution is -0.126. The van der Waals surface area contributed by atoms with Crippen molar-refractivity contribution in [3.05, 3.63) is 65.2 Å². The van der Waals surface area contributed by atoms with Crippen LogP contribution in [-0.2, 0) is 11.3 Å². The molecule has 152 valence electrons. The van der Waals surface area contributed by atoms with Crippen molar-refractivity contribution in [2.45, 2.75) is 26.4 Å². The normalized spacial score (nSPS) is 20.0. The highest BCUT2D eigenvalue weighted by Crippen LogP contribution is 2.48. The zero-order valence-corrected chi connectivity index (χ0v) is 17.5. The average Bonchev–Trinajstić information content (AvgIpc) is 2.84. The first-order chi connectivity index (χ1) is 13.9. The summed E-state index contributed by atoms with van der Waals surface area (Å²) in [6, 6.07) is 13.7. The van der Waals surface area contributed by atoms with E-state index in [-0.39, 0.29) is 11.3 Å². The Kier molecular flexibility index (Phi) is 5.09. The maximum absolute atomic E-state index is 13.1. The maximum atomic E-state index is 13.1. The predicted molar refractivity (Wildman–Crippen MR) is 114 cm³/mol. The summed E-state index contributed by atoms with van der Waals surface area (Å²) < 4.78 is 11.9. The van der Waals surface area contributed by atoms with Gasteiger partial charge in [-0.25, -0.2) is 0 Å². The fourth-order valence-electron chi connectivity index (χ4n) is 4.35. The van der Waals surface area contributed by atoms with Gasteiger partial charge in [0.25, 0.3) is 0 Å². The van der Waals surface area contributed by atoms with Crippen LogP contribution in [0.3, 0.4) is 0 Å². The molecule has 0 aromatic heterocycles. The van der Waals surface area contributed by atoms with Crippen LogP contribution in [0.1, 0.15) is 36.6 Å². The van der Waals surface area contributed by atoms with E-state index in [4.69, 9.17) is 9.47 Å². The smallest absolute Gasteiger partial charge is 0.241 e. The number of benzene rings is 2. The van der Waals surface area contributed by atoms with Crippen molar-refractivity contribution in [3.63, 3.8) is 0 Å². The zero-order chi connectivity index (χ0) is 20.6. The van der Waals surface area contributed by atoms with Crippen molar-refractivity contribution >= 4 is 11.5 Å². The Bertz CT molecular complexity index is 950. The molecule has 0 saturated heterocycles. The molecule has 2 aromatic carbocycles. The minimum atomic E-state index is -0.452. The van der Waals surface area contributed by atoms with Gasteiger partial charge in [-0.05, 0) is 23.3 Å². The van der Waals surface area contributed by atoms with Crippen molar-refractivity contribution in [1.29, 1.82) is 0 Å². The number of carbonyl (C=O) groups excluding carboxylic acids is 1. The molecule has 2 aliphatic heterocycles. The van der Waals surface area contributed by atoms with Gasteiger partial charge < -0.3 is 14.8 Å². The first-order valence-electron chi connectivity index (χ1n) is 9.99. The maximum Gasteiger partial charge on any atom is 0.241 e. The lowest BCUT2D eigenvalue weighted by atomic mass is 9.83. The topological polar surface area (TPSA) is 50.8 Å². The highest BCUT2D eigenvalue weighted by Gasteiger charge is 2.40. The molecule has 0 saturated carbocycles. The minimum Gasteiger partial charge on any atom is -0.496 e. The number of ether oxygens (including phenoxy) is 2. The van der Waals surface area contributed by atoms with Gasteiger partial charge in [-0.15, -0.1) is 0 Å². The predicted octanol–water partition coefficient (Wildman–Crippen LogP) is 3.80. The Morgan fingerprint density at radius 2 is 2.00 bits per heavy atom. The summed E-state index contributed by atoms with van der Waals surface area (Å²) in [6.07, 6.45) is 2.29. The molecule has 29 heavy (non-hydrogen) atoms. The lowest BCUT2D eigenvalue weighted by Gasteiger charge is -2.38. The van der Waals surface area contributed by atoms with Crippen LogP contribution in [0, 0.1) is 5.41 Å². The fraction of sp³-hybridized carbons (Fsp3) is 0.375. The highest BCUT2D eigenvalue weighted by atomic mass is 16.5. The number of nitrogens with one attached hydrogen (secondary N) is 1. The van der Waals surface area contributed by atoms with Gasteiger partial charge in [-0.3, -0.25) is 9.69 Å². The number of rotatable bonds is 4. The van der Waals surface area contributed by atoms with E-state index in [9.17, 15) is 4.79 Å². The van der Waals surface area contributed by atoms with Crippen LogP contribution in [0.15, 0.2) is 48.5 Å². The Morgan fingerprint density at radius 1 is 1.24 bits per heavy atom. The van der Waals surface area contributed by atoms with Crippen LogP contribution in [0.5, 0.6) is 11.5 Å². The van der Waals surface area contributed by atoms with E-state index in [0.29, 0.717) is 25.4 Å². The molecule has 0 radical (unpaired) electrons. The molecule has 4 rings (SSSR count). The summed E-state index contributed by atoms with van der Waals surface area (Å²) in [6.45, 7) is 6.29. The third-order valence-electron chi connectivity index (χ3n) is 5.61. The molecule has 1 atom stereocenters. The highest BCUT2D eigenvalue weighted by molar-refractivity contribution is 5.90. The van der Waals surface area contributed by atoms with E-state index < -0.39 is 6.04 Å². The molecule has 0 bridgehead atoms. The largest absolute Gasteiger partial charge is 0.496 e. The van der Waals surface area contributed by atoms with Crippen LogP contribution in [0.4, 0.5) is 0 Å². The van der Waals surface area contributed by atoms with Crippen molar-refractivity contribution in [3.8, 4) is 11.5 Å². The third kappa shape index (κ3) is 3.62. The van der Waals surface area contributed by atoms with Crippen molar-refractivity contribution in [2.24, 2.45) is 5.41 Å². The van der Waals surface area contributed by atoms with Gasteiger partial charge in [0, 0.05) is 36.7 Å². The van der Waals surface area contributed by atoms with Gasteiger partial charge in [-0.1, -0.05) is 50.3 Å². The number of methoxy groups -OCH3 is 1. The van der Waals surface area contributed by atoms with Gasteiger partial charge in [0.2, 0.25) is 5.91 Å². The Morgan fingerprint density at radius 3 is 2.69 bits per heavy atom. The second-order valence-corrected chi connectivity index (χ2v) is 8.41. The zero-order valence-electron chi connectivity index (χ0n) is 17.5. The second kappa shape index (κ2) is 7.56. The molecule has 2 heterocycles. The van der Waals surface area contributed by atoms with Gasteiger partial charge in [0.05, 0.1) is 13.7 Å². The monoisotopic (exact) mass is 392 g/mol. The number of carbonyl (C=O) groups is 1. The Balaban J connectivity index is 1.91. The van der Waals surface area contributed by atoms with Gasteiger partial charge in [0.1, 0.15) is 17.5 Å². The number of hydrogen-bond acceptors (Lipinski definition) is 4. The van der Waals surface area contributed by atoms with Gasteiger partial charge >= 0.3 is 0 Å². The van der Waals surface area contributed by atoms with Crippen molar-refractivity contribution in [2.75, 3.05) is 27.3 Å². The lowest BCUT2D eigenvalue weighted by Crippen LogP contribution is -2.43. The van der Waals surface area contributed by atoms with Crippen LogP contribution in [0.2, 0.25) is 0 Å². The standard InChI is InChI=1S/C24H28N2O3/c1-24(2)12-17-14-26(13-16-8-6-5-7-9-16)22(23(27)25-3)21-18(28-4)10-11-19(20(17)21)29-15-24/h5-12,22H,13-15H2,1-4H3,(H,25,27). The summed E-state index contributed by atoms with van der Waals surface area (Å²) in [4.78, 5) is 15.3. The number of likely N-dealkylation sites (N-methyl/N-ethyl adjacent to an activating group) is 1. The molecule has 0 spiro atoms. The SMILES string of the molecule is CNC(=O)C1c2c(OC)ccc3c2C(=CC(C)(C)CO3)CN1Cc1ccccc1. The first-order valence-corrected chi connectivity index (χ1v) is 9.99. The summed E-state index contributed by atoms with van der Waals surface area (Å²) in [5, 5.41) is 2.85. The van der Waals surface area contributed by atoms with Crippen molar-refractivity contribution in [1.82, 2.24) is 10.2 Å². The number of nitrogens with zero attached hydrogens (tertiary/aromatic N) is 1. The van der Waals surface area contributed by atoms with E-state index in [2.05, 4.69) is 42.3 Å². The van der Waals surface area contributed by atoms with E-state index >= 15 is 0 Å². The quantitative estimate of drug-likeness (QED) is 0.860. The molecule has 5 nitrogen and oxygen atoms in total. The summed E-state index contributed by atoms with van der Waals surface area (Å²) in [7, 11) is 3.34. The van der Waals surface area contributed by atoms with Gasteiger partial charge in [-0.2, -0.15) is 0 Å². The van der Waals surface area contributed by atoms with Crippen molar-refractivity contribution < 1.29 is 14.3 Å². The number of hydrogen-bond donors (Lipinski definition) is 1. The summed E-state index contributed by atoms with van der Waals surface area (Å²) >= 11 is 0. The second-order valence-electron chi connectivity index (χ2n) is 8.41. The molecule has 1 unspecified atom stereocenters. The number of amides is 1. The van der Waals surface area contributed by atoms with E-state index in [1.807, 2.05) is 30.3 Å². The Hall–Kier alpha value is -2.79. The molecular weight excluding hydrogens is 364 g/mol. The fourth-order valence-corrected chi connectivity index (χ4v) is 4.35. The molecule has 0 fully saturated rings. The van der Waals surface area contributed by atoms with E-state index in [0.717, 1.165) is 16.9 Å². The molecule has 1 amide bonds. The van der Waals surface area contributed by atoms with Crippen LogP contribution < -0.4 is 14.8 Å². The molecule has 5 heteroatoms. The first kappa shape index (κ1) is 19.5. The molecule has 2 aromatic rings. The summed E-state index contributed by atoms with van der Waals surface area (Å²) in [5.74, 6) is 1.49. The summed E-state index contributed by atoms with van der Waals surface area (Å²) in [5.41, 5.74) is 4.15. The van der Waals surface area contributed by atoms with Crippen LogP contribution in [-0.4, -0.2) is 38.1 Å². The Labute approximate surface area is 172 Å². The third-order valence-corrected chi connectivity index (χ3v) is 5.61. The molecule has 0 aliphatic carbocycles. The van der Waals surface area contributed by atoms with Gasteiger partial charge in [0.15, 0.2) is 0 Å². The minimum absolute atomic E-state index is 0.0461. The molecule has 2 aliphatic rings. The van der Waals surface area contributed by atoms with Crippen LogP contribution >= 0.6 is 0 Å². The molecular formula is C24H28N2O3. The van der Waals surface area contributed by atoms with E-state index in [1.54, 1.807) is 14.2 Å².